The van der Waals surface area contributed by atoms with Crippen LogP contribution in [0.25, 0.3) is 22.3 Å². The van der Waals surface area contributed by atoms with E-state index in [4.69, 9.17) is 4.74 Å². The molecule has 7 rings (SSSR count). The van der Waals surface area contributed by atoms with E-state index < -0.39 is 12.2 Å². The van der Waals surface area contributed by atoms with Gasteiger partial charge < -0.3 is 19.4 Å². The Bertz CT molecular complexity index is 1730. The molecule has 1 atom stereocenters. The van der Waals surface area contributed by atoms with Crippen LogP contribution in [0.5, 0.6) is 0 Å². The molecule has 5 heterocycles. The molecule has 3 fully saturated rings. The molecular weight excluding hydrogens is 598 g/mol. The number of aromatic nitrogens is 5. The normalized spacial score (nSPS) is 19.7. The van der Waals surface area contributed by atoms with Gasteiger partial charge in [-0.25, -0.2) is 14.3 Å². The first kappa shape index (κ1) is 31.1. The molecule has 0 saturated carbocycles. The van der Waals surface area contributed by atoms with E-state index in [1.807, 2.05) is 53.4 Å². The van der Waals surface area contributed by atoms with Gasteiger partial charge in [0.25, 0.3) is 5.91 Å². The number of H-pyrrole nitrogens is 2. The maximum atomic E-state index is 14.0. The van der Waals surface area contributed by atoms with Crippen molar-refractivity contribution in [3.63, 3.8) is 0 Å². The number of nitrogens with zero attached hydrogens (tertiary/aromatic N) is 7. The number of fused-ring (bicyclic) bond motifs is 1. The summed E-state index contributed by atoms with van der Waals surface area (Å²) < 4.78 is 7.54. The summed E-state index contributed by atoms with van der Waals surface area (Å²) in [6, 6.07) is 15.8. The maximum absolute atomic E-state index is 14.0. The molecule has 13 nitrogen and oxygen atoms in total. The summed E-state index contributed by atoms with van der Waals surface area (Å²) in [6.07, 6.45) is 4.01. The van der Waals surface area contributed by atoms with Crippen LogP contribution < -0.4 is 5.69 Å². The standard InChI is InChI=1S/C34H43N9O4/c1-39-13-9-27(10-14-39)40-17-19-41(20-18-40)32(44)30(22-24-7-8-29-26(21-24)23-35-37-29)47-34(46)42-15-11-28(12-16-42)43-33(45)36-31(38-43)25-5-3-2-4-6-25/h2-8,21,23,27-28,30H,9-20,22H2,1H3,(H,35,37)(H,36,38,45). The molecular formula is C34H43N9O4. The van der Waals surface area contributed by atoms with Gasteiger partial charge in [-0.15, -0.1) is 5.10 Å². The molecule has 248 valence electrons. The third-order valence-electron chi connectivity index (χ3n) is 10.0. The number of ether oxygens (including phenoxy) is 1. The molecule has 2 aromatic heterocycles. The highest BCUT2D eigenvalue weighted by atomic mass is 16.6. The zero-order valence-corrected chi connectivity index (χ0v) is 26.9. The third kappa shape index (κ3) is 6.96. The number of carbonyl (C=O) groups excluding carboxylic acids is 2. The molecule has 4 aromatic rings. The van der Waals surface area contributed by atoms with Gasteiger partial charge in [0.2, 0.25) is 0 Å². The molecule has 1 unspecified atom stereocenters. The highest BCUT2D eigenvalue weighted by Crippen LogP contribution is 2.24. The van der Waals surface area contributed by atoms with Gasteiger partial charge in [0.05, 0.1) is 17.8 Å². The van der Waals surface area contributed by atoms with Crippen molar-refractivity contribution in [2.24, 2.45) is 0 Å². The van der Waals surface area contributed by atoms with Crippen molar-refractivity contribution in [2.45, 2.75) is 50.3 Å². The fraction of sp³-hybridized carbons (Fsp3) is 0.500. The van der Waals surface area contributed by atoms with E-state index in [0.717, 1.165) is 61.1 Å². The number of hydrogen-bond donors (Lipinski definition) is 2. The number of piperidine rings is 2. The maximum Gasteiger partial charge on any atom is 0.410 e. The zero-order valence-electron chi connectivity index (χ0n) is 26.9. The van der Waals surface area contributed by atoms with Crippen LogP contribution in [-0.2, 0) is 16.0 Å². The van der Waals surface area contributed by atoms with Crippen LogP contribution in [0, 0.1) is 0 Å². The van der Waals surface area contributed by atoms with Gasteiger partial charge in [-0.3, -0.25) is 19.8 Å². The number of hydrogen-bond acceptors (Lipinski definition) is 8. The van der Waals surface area contributed by atoms with Crippen LogP contribution in [0.2, 0.25) is 0 Å². The van der Waals surface area contributed by atoms with Gasteiger partial charge in [-0.2, -0.15) is 5.10 Å². The van der Waals surface area contributed by atoms with Gasteiger partial charge in [0.15, 0.2) is 11.9 Å². The van der Waals surface area contributed by atoms with Crippen LogP contribution >= 0.6 is 0 Å². The smallest absolute Gasteiger partial charge is 0.410 e. The number of nitrogens with one attached hydrogen (secondary N) is 2. The van der Waals surface area contributed by atoms with E-state index in [0.29, 0.717) is 50.9 Å². The summed E-state index contributed by atoms with van der Waals surface area (Å²) >= 11 is 0. The average molecular weight is 642 g/mol. The molecule has 0 radical (unpaired) electrons. The van der Waals surface area contributed by atoms with Gasteiger partial charge in [-0.05, 0) is 63.5 Å². The summed E-state index contributed by atoms with van der Waals surface area (Å²) in [6.45, 7) is 5.91. The summed E-state index contributed by atoms with van der Waals surface area (Å²) in [7, 11) is 2.17. The monoisotopic (exact) mass is 641 g/mol. The fourth-order valence-electron chi connectivity index (χ4n) is 7.18. The van der Waals surface area contributed by atoms with E-state index in [-0.39, 0.29) is 24.1 Å². The second kappa shape index (κ2) is 13.7. The van der Waals surface area contributed by atoms with Crippen LogP contribution in [0.3, 0.4) is 0 Å². The average Bonchev–Trinajstić information content (AvgIpc) is 3.75. The minimum absolute atomic E-state index is 0.139. The second-order valence-electron chi connectivity index (χ2n) is 13.1. The van der Waals surface area contributed by atoms with E-state index in [9.17, 15) is 14.4 Å². The molecule has 13 heteroatoms. The Morgan fingerprint density at radius 2 is 1.62 bits per heavy atom. The number of piperazine rings is 1. The minimum Gasteiger partial charge on any atom is -0.436 e. The predicted molar refractivity (Wildman–Crippen MR) is 177 cm³/mol. The Hall–Kier alpha value is -4.49. The highest BCUT2D eigenvalue weighted by molar-refractivity contribution is 5.84. The number of aromatic amines is 2. The van der Waals surface area contributed by atoms with Gasteiger partial charge >= 0.3 is 11.8 Å². The minimum atomic E-state index is -0.943. The lowest BCUT2D eigenvalue weighted by atomic mass is 10.0. The van der Waals surface area contributed by atoms with Gasteiger partial charge in [0, 0.05) is 62.7 Å². The lowest BCUT2D eigenvalue weighted by molar-refractivity contribution is -0.143. The quantitative estimate of drug-likeness (QED) is 0.315. The van der Waals surface area contributed by atoms with E-state index in [1.165, 1.54) is 4.68 Å². The molecule has 3 aliphatic heterocycles. The molecule has 2 N–H and O–H groups in total. The summed E-state index contributed by atoms with van der Waals surface area (Å²) in [4.78, 5) is 51.5. The summed E-state index contributed by atoms with van der Waals surface area (Å²) in [5.74, 6) is 0.375. The van der Waals surface area contributed by atoms with Crippen molar-refractivity contribution in [2.75, 3.05) is 59.4 Å². The third-order valence-corrected chi connectivity index (χ3v) is 10.0. The Balaban J connectivity index is 1.000. The topological polar surface area (TPSA) is 136 Å². The number of carbonyl (C=O) groups is 2. The predicted octanol–water partition coefficient (Wildman–Crippen LogP) is 2.74. The van der Waals surface area contributed by atoms with Crippen molar-refractivity contribution >= 4 is 22.9 Å². The molecule has 0 aliphatic carbocycles. The van der Waals surface area contributed by atoms with E-state index >= 15 is 0 Å². The lowest BCUT2D eigenvalue weighted by Gasteiger charge is -2.42. The molecule has 0 bridgehead atoms. The Morgan fingerprint density at radius 3 is 2.36 bits per heavy atom. The lowest BCUT2D eigenvalue weighted by Crippen LogP contribution is -2.56. The first-order valence-electron chi connectivity index (χ1n) is 16.7. The van der Waals surface area contributed by atoms with Gasteiger partial charge in [-0.1, -0.05) is 36.4 Å². The van der Waals surface area contributed by atoms with Crippen LogP contribution in [0.1, 0.15) is 37.3 Å². The highest BCUT2D eigenvalue weighted by Gasteiger charge is 2.35. The zero-order chi connectivity index (χ0) is 32.3. The molecule has 2 aromatic carbocycles. The number of rotatable bonds is 7. The van der Waals surface area contributed by atoms with Crippen LogP contribution in [0.4, 0.5) is 4.79 Å². The van der Waals surface area contributed by atoms with Crippen molar-refractivity contribution in [1.29, 1.82) is 0 Å². The number of amides is 2. The molecule has 3 saturated heterocycles. The van der Waals surface area contributed by atoms with E-state index in [1.54, 1.807) is 11.1 Å². The van der Waals surface area contributed by atoms with Crippen molar-refractivity contribution in [1.82, 2.24) is 44.6 Å². The molecule has 3 aliphatic rings. The van der Waals surface area contributed by atoms with Crippen LogP contribution in [0.15, 0.2) is 59.5 Å². The van der Waals surface area contributed by atoms with Crippen LogP contribution in [-0.4, -0.2) is 128 Å². The van der Waals surface area contributed by atoms with Crippen molar-refractivity contribution < 1.29 is 14.3 Å². The summed E-state index contributed by atoms with van der Waals surface area (Å²) in [5, 5.41) is 12.6. The molecule has 2 amide bonds. The first-order chi connectivity index (χ1) is 22.9. The Morgan fingerprint density at radius 1 is 0.894 bits per heavy atom. The SMILES string of the molecule is CN1CCC(N2CCN(C(=O)C(Cc3ccc4[nH]ncc4c3)OC(=O)N3CCC(n4nc(-c5ccccc5)[nH]c4=O)CC3)CC2)CC1. The summed E-state index contributed by atoms with van der Waals surface area (Å²) in [5.41, 5.74) is 2.39. The Kier molecular flexibility index (Phi) is 9.07. The van der Waals surface area contributed by atoms with Crippen molar-refractivity contribution in [3.05, 3.63) is 70.8 Å². The van der Waals surface area contributed by atoms with E-state index in [2.05, 4.69) is 37.1 Å². The molecule has 0 spiro atoms. The first-order valence-corrected chi connectivity index (χ1v) is 16.7. The second-order valence-corrected chi connectivity index (χ2v) is 13.1. The fourth-order valence-corrected chi connectivity index (χ4v) is 7.18. The number of benzene rings is 2. The number of likely N-dealkylation sites (tertiary alicyclic amines) is 2. The Labute approximate surface area is 273 Å². The van der Waals surface area contributed by atoms with Crippen molar-refractivity contribution in [3.8, 4) is 11.4 Å². The largest absolute Gasteiger partial charge is 0.436 e. The van der Waals surface area contributed by atoms with Gasteiger partial charge in [0.1, 0.15) is 0 Å². The molecule has 47 heavy (non-hydrogen) atoms.